The van der Waals surface area contributed by atoms with Crippen LogP contribution in [0.1, 0.15) is 98.8 Å². The molecular formula is C26H44O2. The highest BCUT2D eigenvalue weighted by Gasteiger charge is 2.62. The molecule has 0 bridgehead atoms. The van der Waals surface area contributed by atoms with Gasteiger partial charge in [-0.2, -0.15) is 0 Å². The van der Waals surface area contributed by atoms with Crippen molar-refractivity contribution in [1.29, 1.82) is 0 Å². The molecule has 8 unspecified atom stereocenters. The van der Waals surface area contributed by atoms with Gasteiger partial charge in [-0.1, -0.05) is 34.1 Å². The number of hydrogen-bond acceptors (Lipinski definition) is 2. The molecule has 1 N–H and O–H groups in total. The van der Waals surface area contributed by atoms with Crippen molar-refractivity contribution in [2.75, 3.05) is 0 Å². The Morgan fingerprint density at radius 1 is 1.04 bits per heavy atom. The topological polar surface area (TPSA) is 37.3 Å². The van der Waals surface area contributed by atoms with Crippen molar-refractivity contribution in [2.24, 2.45) is 52.3 Å². The van der Waals surface area contributed by atoms with E-state index in [1.807, 2.05) is 0 Å². The van der Waals surface area contributed by atoms with Gasteiger partial charge in [-0.25, -0.2) is 0 Å². The third kappa shape index (κ3) is 3.21. The number of aliphatic hydroxyl groups excluding tert-OH is 1. The Balaban J connectivity index is 1.55. The van der Waals surface area contributed by atoms with Crippen molar-refractivity contribution < 1.29 is 9.90 Å². The summed E-state index contributed by atoms with van der Waals surface area (Å²) < 4.78 is 0. The van der Waals surface area contributed by atoms with Crippen LogP contribution in [0.25, 0.3) is 0 Å². The number of carbonyl (C=O) groups is 1. The quantitative estimate of drug-likeness (QED) is 0.617. The van der Waals surface area contributed by atoms with Gasteiger partial charge in [0, 0.05) is 6.42 Å². The molecule has 0 amide bonds. The number of Topliss-reactive ketones (excluding diaryl/α,β-unsaturated/α-hetero) is 1. The largest absolute Gasteiger partial charge is 0.393 e. The fraction of sp³-hybridized carbons (Fsp3) is 0.962. The van der Waals surface area contributed by atoms with Crippen molar-refractivity contribution in [1.82, 2.24) is 0 Å². The van der Waals surface area contributed by atoms with Gasteiger partial charge in [0.2, 0.25) is 0 Å². The van der Waals surface area contributed by atoms with Gasteiger partial charge in [0.05, 0.1) is 6.10 Å². The molecule has 0 radical (unpaired) electrons. The van der Waals surface area contributed by atoms with Crippen LogP contribution in [0.4, 0.5) is 0 Å². The van der Waals surface area contributed by atoms with Gasteiger partial charge in [-0.05, 0) is 111 Å². The molecule has 28 heavy (non-hydrogen) atoms. The molecule has 4 aliphatic rings. The van der Waals surface area contributed by atoms with Gasteiger partial charge in [0.15, 0.2) is 0 Å². The molecule has 0 aromatic rings. The summed E-state index contributed by atoms with van der Waals surface area (Å²) in [7, 11) is 0. The molecule has 160 valence electrons. The van der Waals surface area contributed by atoms with Crippen LogP contribution in [-0.2, 0) is 4.79 Å². The first-order valence-electron chi connectivity index (χ1n) is 12.3. The lowest BCUT2D eigenvalue weighted by atomic mass is 9.43. The van der Waals surface area contributed by atoms with Crippen LogP contribution >= 0.6 is 0 Å². The number of hydrogen-bond donors (Lipinski definition) is 1. The van der Waals surface area contributed by atoms with Gasteiger partial charge >= 0.3 is 0 Å². The summed E-state index contributed by atoms with van der Waals surface area (Å²) in [5.41, 5.74) is 0.847. The smallest absolute Gasteiger partial charge is 0.129 e. The Bertz CT molecular complexity index is 599. The average Bonchev–Trinajstić information content (AvgIpc) is 2.98. The maximum atomic E-state index is 11.5. The minimum atomic E-state index is -0.0794. The summed E-state index contributed by atoms with van der Waals surface area (Å²) in [6.45, 7) is 11.7. The van der Waals surface area contributed by atoms with Crippen molar-refractivity contribution in [3.05, 3.63) is 0 Å². The number of fused-ring (bicyclic) bond motifs is 5. The third-order valence-electron chi connectivity index (χ3n) is 10.7. The molecule has 0 heterocycles. The highest BCUT2D eigenvalue weighted by molar-refractivity contribution is 5.75. The molecule has 0 aromatic heterocycles. The number of aliphatic hydroxyl groups is 1. The zero-order valence-corrected chi connectivity index (χ0v) is 19.0. The summed E-state index contributed by atoms with van der Waals surface area (Å²) in [5, 5.41) is 11.4. The maximum Gasteiger partial charge on any atom is 0.129 e. The molecule has 2 heteroatoms. The first-order valence-corrected chi connectivity index (χ1v) is 12.3. The molecule has 4 saturated carbocycles. The van der Waals surface area contributed by atoms with Crippen molar-refractivity contribution in [2.45, 2.75) is 105 Å². The lowest BCUT2D eigenvalue weighted by molar-refractivity contribution is -0.168. The predicted octanol–water partition coefficient (Wildman–Crippen LogP) is 6.26. The minimum Gasteiger partial charge on any atom is -0.393 e. The average molecular weight is 389 g/mol. The van der Waals surface area contributed by atoms with E-state index in [1.165, 1.54) is 44.9 Å². The molecule has 4 fully saturated rings. The molecular weight excluding hydrogens is 344 g/mol. The molecule has 0 saturated heterocycles. The first-order chi connectivity index (χ1) is 13.2. The monoisotopic (exact) mass is 388 g/mol. The maximum absolute atomic E-state index is 11.5. The van der Waals surface area contributed by atoms with Crippen LogP contribution in [0.15, 0.2) is 0 Å². The summed E-state index contributed by atoms with van der Waals surface area (Å²) in [6, 6.07) is 0. The molecule has 4 rings (SSSR count). The molecule has 0 aromatic carbocycles. The highest BCUT2D eigenvalue weighted by atomic mass is 16.3. The number of rotatable bonds is 4. The van der Waals surface area contributed by atoms with Crippen LogP contribution in [0.5, 0.6) is 0 Å². The molecule has 4 aliphatic carbocycles. The van der Waals surface area contributed by atoms with Crippen molar-refractivity contribution >= 4 is 5.78 Å². The molecule has 10 atom stereocenters. The van der Waals surface area contributed by atoms with Crippen molar-refractivity contribution in [3.63, 3.8) is 0 Å². The molecule has 0 aliphatic heterocycles. The van der Waals surface area contributed by atoms with E-state index in [4.69, 9.17) is 0 Å². The minimum absolute atomic E-state index is 0.0794. The number of carbonyl (C=O) groups excluding carboxylic acids is 1. The Hall–Kier alpha value is -0.370. The second-order valence-electron chi connectivity index (χ2n) is 12.1. The number of ketones is 1. The van der Waals surface area contributed by atoms with Gasteiger partial charge in [0.1, 0.15) is 5.78 Å². The highest BCUT2D eigenvalue weighted by Crippen LogP contribution is 2.68. The third-order valence-corrected chi connectivity index (χ3v) is 10.7. The lowest BCUT2D eigenvalue weighted by Gasteiger charge is -2.62. The fourth-order valence-electron chi connectivity index (χ4n) is 9.04. The van der Waals surface area contributed by atoms with Gasteiger partial charge in [-0.3, -0.25) is 0 Å². The summed E-state index contributed by atoms with van der Waals surface area (Å²) >= 11 is 0. The normalized spacial score (nSPS) is 51.7. The Kier molecular flexibility index (Phi) is 5.52. The van der Waals surface area contributed by atoms with Crippen LogP contribution in [-0.4, -0.2) is 17.0 Å². The van der Waals surface area contributed by atoms with Gasteiger partial charge in [-0.15, -0.1) is 0 Å². The second kappa shape index (κ2) is 7.40. The Morgan fingerprint density at radius 2 is 1.71 bits per heavy atom. The zero-order valence-electron chi connectivity index (χ0n) is 19.0. The summed E-state index contributed by atoms with van der Waals surface area (Å²) in [4.78, 5) is 11.5. The second-order valence-corrected chi connectivity index (χ2v) is 12.1. The van der Waals surface area contributed by atoms with E-state index in [2.05, 4.69) is 27.7 Å². The SMILES string of the molecule is CC(=O)CC[C@@H](C)C1CCC2C3C(O)CC4C[C@H](C)CCC4(C)C3CCC21C. The van der Waals surface area contributed by atoms with E-state index in [9.17, 15) is 9.90 Å². The fourth-order valence-corrected chi connectivity index (χ4v) is 9.04. The van der Waals surface area contributed by atoms with Crippen LogP contribution in [0.3, 0.4) is 0 Å². The first kappa shape index (κ1) is 20.9. The standard InChI is InChI=1S/C26H44O2/c1-16-10-12-25(4)19(14-16)15-23(28)24-21-9-8-20(17(2)6-7-18(3)27)26(21,5)13-11-22(24)25/h16-17,19-24,28H,6-15H2,1-5H3/t16-,17-,19?,20?,21?,22?,23?,24?,25?,26?/m1/s1. The summed E-state index contributed by atoms with van der Waals surface area (Å²) in [5.74, 6) is 5.25. The van der Waals surface area contributed by atoms with Gasteiger partial charge < -0.3 is 9.90 Å². The van der Waals surface area contributed by atoms with Crippen LogP contribution in [0, 0.1) is 52.3 Å². The van der Waals surface area contributed by atoms with E-state index in [1.54, 1.807) is 6.92 Å². The van der Waals surface area contributed by atoms with Crippen LogP contribution < -0.4 is 0 Å². The van der Waals surface area contributed by atoms with E-state index in [-0.39, 0.29) is 6.10 Å². The zero-order chi connectivity index (χ0) is 20.3. The Labute approximate surface area is 173 Å². The van der Waals surface area contributed by atoms with E-state index >= 15 is 0 Å². The van der Waals surface area contributed by atoms with E-state index in [0.717, 1.165) is 42.9 Å². The molecule has 2 nitrogen and oxygen atoms in total. The lowest BCUT2D eigenvalue weighted by Crippen LogP contribution is -2.58. The summed E-state index contributed by atoms with van der Waals surface area (Å²) in [6.07, 6.45) is 12.2. The van der Waals surface area contributed by atoms with Gasteiger partial charge in [0.25, 0.3) is 0 Å². The molecule has 0 spiro atoms. The van der Waals surface area contributed by atoms with Crippen molar-refractivity contribution in [3.8, 4) is 0 Å². The van der Waals surface area contributed by atoms with E-state index in [0.29, 0.717) is 34.4 Å². The van der Waals surface area contributed by atoms with Crippen LogP contribution in [0.2, 0.25) is 0 Å². The predicted molar refractivity (Wildman–Crippen MR) is 115 cm³/mol. The Morgan fingerprint density at radius 3 is 2.43 bits per heavy atom. The van der Waals surface area contributed by atoms with E-state index < -0.39 is 0 Å².